The zero-order chi connectivity index (χ0) is 15.5. The van der Waals surface area contributed by atoms with Gasteiger partial charge in [-0.1, -0.05) is 6.07 Å². The van der Waals surface area contributed by atoms with Gasteiger partial charge in [0.25, 0.3) is 0 Å². The van der Waals surface area contributed by atoms with Crippen LogP contribution in [0.3, 0.4) is 0 Å². The number of hydrogen-bond donors (Lipinski definition) is 1. The summed E-state index contributed by atoms with van der Waals surface area (Å²) in [7, 11) is 0. The molecule has 6 nitrogen and oxygen atoms in total. The largest absolute Gasteiger partial charge is 0.443 e. The molecule has 110 valence electrons. The molecule has 2 heterocycles. The molecule has 1 amide bonds. The topological polar surface area (TPSA) is 91.2 Å². The molecule has 1 aromatic carbocycles. The van der Waals surface area contributed by atoms with Crippen LogP contribution in [0, 0.1) is 6.92 Å². The number of carbonyl (C=O) groups excluding carboxylic acids is 1. The summed E-state index contributed by atoms with van der Waals surface area (Å²) >= 11 is 0. The van der Waals surface area contributed by atoms with Crippen molar-refractivity contribution < 1.29 is 13.9 Å². The van der Waals surface area contributed by atoms with Crippen molar-refractivity contribution in [3.05, 3.63) is 60.2 Å². The number of nitrogens with two attached hydrogens (primary N) is 1. The Morgan fingerprint density at radius 3 is 2.91 bits per heavy atom. The third kappa shape index (κ3) is 2.67. The van der Waals surface area contributed by atoms with Crippen molar-refractivity contribution in [3.63, 3.8) is 0 Å². The summed E-state index contributed by atoms with van der Waals surface area (Å²) in [6.45, 7) is 1.87. The maximum Gasteiger partial charge on any atom is 0.248 e. The summed E-state index contributed by atoms with van der Waals surface area (Å²) < 4.78 is 11.1. The van der Waals surface area contributed by atoms with Gasteiger partial charge in [0.05, 0.1) is 11.8 Å². The van der Waals surface area contributed by atoms with Crippen molar-refractivity contribution in [2.75, 3.05) is 0 Å². The van der Waals surface area contributed by atoms with Gasteiger partial charge >= 0.3 is 0 Å². The zero-order valence-corrected chi connectivity index (χ0v) is 11.8. The van der Waals surface area contributed by atoms with Crippen molar-refractivity contribution in [2.24, 2.45) is 5.73 Å². The molecule has 0 aliphatic carbocycles. The lowest BCUT2D eigenvalue weighted by molar-refractivity contribution is 0.1000. The van der Waals surface area contributed by atoms with Gasteiger partial charge < -0.3 is 14.9 Å². The molecule has 0 radical (unpaired) electrons. The van der Waals surface area contributed by atoms with Crippen molar-refractivity contribution in [1.82, 2.24) is 9.97 Å². The molecule has 3 aromatic rings. The smallest absolute Gasteiger partial charge is 0.248 e. The van der Waals surface area contributed by atoms with Gasteiger partial charge in [-0.15, -0.1) is 0 Å². The van der Waals surface area contributed by atoms with Crippen LogP contribution in [-0.4, -0.2) is 15.9 Å². The number of oxazole rings is 1. The predicted octanol–water partition coefficient (Wildman–Crippen LogP) is 2.94. The minimum Gasteiger partial charge on any atom is -0.443 e. The number of ether oxygens (including phenoxy) is 1. The van der Waals surface area contributed by atoms with Crippen molar-refractivity contribution in [1.29, 1.82) is 0 Å². The van der Waals surface area contributed by atoms with Gasteiger partial charge in [0, 0.05) is 11.8 Å². The average Bonchev–Trinajstić information content (AvgIpc) is 3.04. The van der Waals surface area contributed by atoms with Crippen molar-refractivity contribution in [3.8, 4) is 23.0 Å². The van der Waals surface area contributed by atoms with Gasteiger partial charge in [-0.25, -0.2) is 9.97 Å². The second kappa shape index (κ2) is 5.69. The Bertz CT molecular complexity index is 813. The Kier molecular flexibility index (Phi) is 3.57. The van der Waals surface area contributed by atoms with Crippen LogP contribution in [0.5, 0.6) is 11.6 Å². The van der Waals surface area contributed by atoms with Crippen LogP contribution >= 0.6 is 0 Å². The zero-order valence-electron chi connectivity index (χ0n) is 11.8. The standard InChI is InChI=1S/C16H13N3O3/c1-10-4-5-11(15(17)20)7-13(10)22-16-12(3-2-6-19-16)14-8-18-9-21-14/h2-9H,1H3,(H2,17,20). The maximum absolute atomic E-state index is 11.3. The van der Waals surface area contributed by atoms with E-state index in [1.165, 1.54) is 6.39 Å². The first-order chi connectivity index (χ1) is 10.6. The van der Waals surface area contributed by atoms with Gasteiger partial charge in [0.1, 0.15) is 5.75 Å². The molecule has 6 heteroatoms. The third-order valence-corrected chi connectivity index (χ3v) is 3.15. The first-order valence-electron chi connectivity index (χ1n) is 6.57. The number of amides is 1. The number of carbonyl (C=O) groups is 1. The van der Waals surface area contributed by atoms with Gasteiger partial charge in [0.15, 0.2) is 12.2 Å². The Balaban J connectivity index is 2.01. The van der Waals surface area contributed by atoms with E-state index in [1.54, 1.807) is 36.7 Å². The van der Waals surface area contributed by atoms with Gasteiger partial charge in [0.2, 0.25) is 11.8 Å². The number of pyridine rings is 1. The van der Waals surface area contributed by atoms with E-state index in [0.29, 0.717) is 28.5 Å². The van der Waals surface area contributed by atoms with Crippen LogP contribution in [0.4, 0.5) is 0 Å². The fourth-order valence-electron chi connectivity index (χ4n) is 1.98. The van der Waals surface area contributed by atoms with Crippen LogP contribution < -0.4 is 10.5 Å². The van der Waals surface area contributed by atoms with E-state index in [2.05, 4.69) is 9.97 Å². The molecular formula is C16H13N3O3. The summed E-state index contributed by atoms with van der Waals surface area (Å²) in [5.41, 5.74) is 7.20. The number of nitrogens with zero attached hydrogens (tertiary/aromatic N) is 2. The first kappa shape index (κ1) is 13.8. The average molecular weight is 295 g/mol. The van der Waals surface area contributed by atoms with E-state index in [1.807, 2.05) is 13.0 Å². The van der Waals surface area contributed by atoms with Gasteiger partial charge in [-0.05, 0) is 36.8 Å². The summed E-state index contributed by atoms with van der Waals surface area (Å²) in [4.78, 5) is 19.4. The molecule has 0 saturated heterocycles. The monoisotopic (exact) mass is 295 g/mol. The summed E-state index contributed by atoms with van der Waals surface area (Å²) in [5.74, 6) is 0.910. The number of primary amides is 1. The van der Waals surface area contributed by atoms with Crippen LogP contribution in [0.2, 0.25) is 0 Å². The van der Waals surface area contributed by atoms with E-state index < -0.39 is 5.91 Å². The van der Waals surface area contributed by atoms with E-state index in [-0.39, 0.29) is 0 Å². The molecule has 0 fully saturated rings. The van der Waals surface area contributed by atoms with E-state index in [0.717, 1.165) is 5.56 Å². The van der Waals surface area contributed by atoms with E-state index in [4.69, 9.17) is 14.9 Å². The second-order valence-electron chi connectivity index (χ2n) is 4.67. The van der Waals surface area contributed by atoms with Crippen LogP contribution in [-0.2, 0) is 0 Å². The second-order valence-corrected chi connectivity index (χ2v) is 4.67. The minimum atomic E-state index is -0.513. The molecule has 0 aliphatic heterocycles. The van der Waals surface area contributed by atoms with Crippen LogP contribution in [0.25, 0.3) is 11.3 Å². The molecule has 0 saturated carbocycles. The van der Waals surface area contributed by atoms with Gasteiger partial charge in [-0.3, -0.25) is 4.79 Å². The highest BCUT2D eigenvalue weighted by atomic mass is 16.5. The quantitative estimate of drug-likeness (QED) is 0.799. The number of aromatic nitrogens is 2. The fourth-order valence-corrected chi connectivity index (χ4v) is 1.98. The van der Waals surface area contributed by atoms with Crippen molar-refractivity contribution >= 4 is 5.91 Å². The minimum absolute atomic E-state index is 0.365. The fraction of sp³-hybridized carbons (Fsp3) is 0.0625. The molecule has 0 atom stereocenters. The molecular weight excluding hydrogens is 282 g/mol. The molecule has 3 rings (SSSR count). The molecule has 0 spiro atoms. The van der Waals surface area contributed by atoms with Crippen LogP contribution in [0.1, 0.15) is 15.9 Å². The maximum atomic E-state index is 11.3. The number of hydrogen-bond acceptors (Lipinski definition) is 5. The van der Waals surface area contributed by atoms with Crippen LogP contribution in [0.15, 0.2) is 53.5 Å². The Labute approximate surface area is 126 Å². The highest BCUT2D eigenvalue weighted by Gasteiger charge is 2.13. The molecule has 0 aliphatic rings. The number of aryl methyl sites for hydroxylation is 1. The molecule has 0 unspecified atom stereocenters. The van der Waals surface area contributed by atoms with E-state index >= 15 is 0 Å². The Morgan fingerprint density at radius 1 is 1.32 bits per heavy atom. The predicted molar refractivity (Wildman–Crippen MR) is 79.5 cm³/mol. The number of benzene rings is 1. The molecule has 22 heavy (non-hydrogen) atoms. The van der Waals surface area contributed by atoms with E-state index in [9.17, 15) is 4.79 Å². The lowest BCUT2D eigenvalue weighted by Crippen LogP contribution is -2.11. The first-order valence-corrected chi connectivity index (χ1v) is 6.57. The van der Waals surface area contributed by atoms with Gasteiger partial charge in [-0.2, -0.15) is 0 Å². The molecule has 0 bridgehead atoms. The lowest BCUT2D eigenvalue weighted by Gasteiger charge is -2.11. The molecule has 2 aromatic heterocycles. The summed E-state index contributed by atoms with van der Waals surface area (Å²) in [6, 6.07) is 8.61. The normalized spacial score (nSPS) is 10.4. The Morgan fingerprint density at radius 2 is 2.18 bits per heavy atom. The highest BCUT2D eigenvalue weighted by molar-refractivity contribution is 5.93. The SMILES string of the molecule is Cc1ccc(C(N)=O)cc1Oc1ncccc1-c1cnco1. The number of rotatable bonds is 4. The lowest BCUT2D eigenvalue weighted by atomic mass is 10.1. The summed E-state index contributed by atoms with van der Waals surface area (Å²) in [5, 5.41) is 0. The summed E-state index contributed by atoms with van der Waals surface area (Å²) in [6.07, 6.45) is 4.53. The Hall–Kier alpha value is -3.15. The third-order valence-electron chi connectivity index (χ3n) is 3.15. The highest BCUT2D eigenvalue weighted by Crippen LogP contribution is 2.32. The van der Waals surface area contributed by atoms with Crippen molar-refractivity contribution in [2.45, 2.75) is 6.92 Å². The molecule has 2 N–H and O–H groups in total.